The van der Waals surface area contributed by atoms with Gasteiger partial charge in [-0.2, -0.15) is 0 Å². The number of hydrogen-bond donors (Lipinski definition) is 1. The van der Waals surface area contributed by atoms with E-state index in [0.29, 0.717) is 11.6 Å². The van der Waals surface area contributed by atoms with Crippen LogP contribution in [0.2, 0.25) is 0 Å². The van der Waals surface area contributed by atoms with Crippen LogP contribution in [0, 0.1) is 5.92 Å². The minimum absolute atomic E-state index is 0.00713. The number of tetrazole rings is 1. The third kappa shape index (κ3) is 2.99. The Morgan fingerprint density at radius 1 is 1.36 bits per heavy atom. The van der Waals surface area contributed by atoms with Crippen molar-refractivity contribution in [2.45, 2.75) is 44.2 Å². The molecule has 25 heavy (non-hydrogen) atoms. The Balaban J connectivity index is 1.66. The predicted octanol–water partition coefficient (Wildman–Crippen LogP) is 1.51. The maximum atomic E-state index is 13.0. The third-order valence-electron chi connectivity index (χ3n) is 4.88. The van der Waals surface area contributed by atoms with Crippen molar-refractivity contribution >= 4 is 11.9 Å². The SMILES string of the molecule is C=C1Nc2nnnn2C(c2ccc[nH+]c2)C1C(=O)OC1CCCCC1. The number of fused-ring (bicyclic) bond motifs is 1. The maximum absolute atomic E-state index is 13.0. The second kappa shape index (κ2) is 6.62. The first-order valence-electron chi connectivity index (χ1n) is 8.64. The lowest BCUT2D eigenvalue weighted by molar-refractivity contribution is -0.379. The Hall–Kier alpha value is -2.77. The Morgan fingerprint density at radius 2 is 2.20 bits per heavy atom. The summed E-state index contributed by atoms with van der Waals surface area (Å²) in [5, 5.41) is 14.8. The molecule has 2 aromatic rings. The Bertz CT molecular complexity index is 768. The van der Waals surface area contributed by atoms with E-state index in [9.17, 15) is 4.79 Å². The maximum Gasteiger partial charge on any atom is 0.317 e. The predicted molar refractivity (Wildman–Crippen MR) is 88.2 cm³/mol. The van der Waals surface area contributed by atoms with Gasteiger partial charge in [-0.3, -0.25) is 4.79 Å². The highest BCUT2D eigenvalue weighted by Crippen LogP contribution is 2.37. The van der Waals surface area contributed by atoms with Gasteiger partial charge in [-0.15, -0.1) is 0 Å². The van der Waals surface area contributed by atoms with Crippen LogP contribution in [-0.2, 0) is 9.53 Å². The number of H-pyrrole nitrogens is 1. The molecule has 2 aliphatic rings. The molecular weight excluding hydrogens is 320 g/mol. The fourth-order valence-corrected chi connectivity index (χ4v) is 3.63. The van der Waals surface area contributed by atoms with E-state index < -0.39 is 12.0 Å². The van der Waals surface area contributed by atoms with Gasteiger partial charge in [0.25, 0.3) is 0 Å². The first-order valence-corrected chi connectivity index (χ1v) is 8.64. The molecule has 0 saturated heterocycles. The minimum atomic E-state index is -0.589. The van der Waals surface area contributed by atoms with E-state index >= 15 is 0 Å². The summed E-state index contributed by atoms with van der Waals surface area (Å²) < 4.78 is 7.43. The van der Waals surface area contributed by atoms with Crippen molar-refractivity contribution in [3.05, 3.63) is 42.4 Å². The Labute approximate surface area is 145 Å². The Kier molecular flexibility index (Phi) is 4.17. The van der Waals surface area contributed by atoms with Crippen molar-refractivity contribution in [3.8, 4) is 0 Å². The summed E-state index contributed by atoms with van der Waals surface area (Å²) in [6.45, 7) is 4.03. The molecule has 2 atom stereocenters. The molecule has 0 radical (unpaired) electrons. The number of anilines is 1. The third-order valence-corrected chi connectivity index (χ3v) is 4.88. The number of carbonyl (C=O) groups is 1. The van der Waals surface area contributed by atoms with Crippen LogP contribution in [0.1, 0.15) is 43.7 Å². The van der Waals surface area contributed by atoms with Crippen LogP contribution in [0.25, 0.3) is 0 Å². The first kappa shape index (κ1) is 15.7. The van der Waals surface area contributed by atoms with E-state index in [2.05, 4.69) is 32.4 Å². The summed E-state index contributed by atoms with van der Waals surface area (Å²) in [6, 6.07) is 3.42. The molecule has 0 spiro atoms. The number of esters is 1. The van der Waals surface area contributed by atoms with Crippen molar-refractivity contribution in [2.24, 2.45) is 5.92 Å². The molecule has 1 saturated carbocycles. The molecule has 0 aromatic carbocycles. The lowest BCUT2D eigenvalue weighted by Gasteiger charge is -2.33. The van der Waals surface area contributed by atoms with Crippen molar-refractivity contribution in [3.63, 3.8) is 0 Å². The van der Waals surface area contributed by atoms with E-state index in [1.807, 2.05) is 24.5 Å². The van der Waals surface area contributed by atoms with Gasteiger partial charge in [0, 0.05) is 17.3 Å². The van der Waals surface area contributed by atoms with Crippen LogP contribution in [0.4, 0.5) is 5.95 Å². The lowest BCUT2D eigenvalue weighted by Crippen LogP contribution is -2.39. The largest absolute Gasteiger partial charge is 0.462 e. The summed E-state index contributed by atoms with van der Waals surface area (Å²) in [6.07, 6.45) is 8.93. The Morgan fingerprint density at radius 3 is 2.96 bits per heavy atom. The van der Waals surface area contributed by atoms with Crippen molar-refractivity contribution < 1.29 is 14.5 Å². The molecule has 1 aliphatic carbocycles. The van der Waals surface area contributed by atoms with E-state index in [0.717, 1.165) is 31.2 Å². The van der Waals surface area contributed by atoms with Crippen LogP contribution in [0.5, 0.6) is 0 Å². The molecule has 8 nitrogen and oxygen atoms in total. The van der Waals surface area contributed by atoms with Gasteiger partial charge in [0.15, 0.2) is 12.4 Å². The number of aromatic amines is 1. The first-order chi connectivity index (χ1) is 12.2. The standard InChI is InChI=1S/C17H20N6O2/c1-11-14(16(24)25-13-7-3-2-4-8-13)15(12-6-5-9-18-10-12)23-17(19-11)20-21-22-23/h5-6,9-10,13-15H,1-4,7-8H2,(H,19,20,22)/p+1. The van der Waals surface area contributed by atoms with Gasteiger partial charge < -0.3 is 10.1 Å². The number of ether oxygens (including phenoxy) is 1. The molecular formula is C17H21N6O2+. The van der Waals surface area contributed by atoms with Gasteiger partial charge in [-0.05, 0) is 42.2 Å². The van der Waals surface area contributed by atoms with Crippen molar-refractivity contribution in [1.82, 2.24) is 20.2 Å². The van der Waals surface area contributed by atoms with Crippen LogP contribution in [0.3, 0.4) is 0 Å². The van der Waals surface area contributed by atoms with Gasteiger partial charge >= 0.3 is 5.97 Å². The zero-order chi connectivity index (χ0) is 17.2. The van der Waals surface area contributed by atoms with Crippen LogP contribution >= 0.6 is 0 Å². The normalized spacial score (nSPS) is 23.6. The van der Waals surface area contributed by atoms with E-state index in [-0.39, 0.29) is 12.1 Å². The summed E-state index contributed by atoms with van der Waals surface area (Å²) in [7, 11) is 0. The summed E-state index contributed by atoms with van der Waals surface area (Å²) in [4.78, 5) is 16.0. The minimum Gasteiger partial charge on any atom is -0.462 e. The van der Waals surface area contributed by atoms with Crippen LogP contribution < -0.4 is 10.3 Å². The molecule has 2 N–H and O–H groups in total. The highest BCUT2D eigenvalue weighted by Gasteiger charge is 2.42. The molecule has 2 unspecified atom stereocenters. The zero-order valence-corrected chi connectivity index (χ0v) is 13.9. The monoisotopic (exact) mass is 341 g/mol. The molecule has 1 fully saturated rings. The fourth-order valence-electron chi connectivity index (χ4n) is 3.63. The molecule has 3 heterocycles. The van der Waals surface area contributed by atoms with Gasteiger partial charge in [-0.25, -0.2) is 9.67 Å². The van der Waals surface area contributed by atoms with Crippen LogP contribution in [0.15, 0.2) is 36.8 Å². The number of pyridine rings is 1. The van der Waals surface area contributed by atoms with Gasteiger partial charge in [0.1, 0.15) is 18.1 Å². The molecule has 0 bridgehead atoms. The number of hydrogen-bond acceptors (Lipinski definition) is 6. The second-order valence-electron chi connectivity index (χ2n) is 6.55. The van der Waals surface area contributed by atoms with Crippen molar-refractivity contribution in [1.29, 1.82) is 0 Å². The number of rotatable bonds is 3. The highest BCUT2D eigenvalue weighted by molar-refractivity contribution is 5.79. The molecule has 1 aliphatic heterocycles. The van der Waals surface area contributed by atoms with Crippen molar-refractivity contribution in [2.75, 3.05) is 5.32 Å². The van der Waals surface area contributed by atoms with E-state index in [1.165, 1.54) is 6.42 Å². The average Bonchev–Trinajstić information content (AvgIpc) is 3.10. The molecule has 2 aromatic heterocycles. The fraction of sp³-hybridized carbons (Fsp3) is 0.471. The summed E-state index contributed by atoms with van der Waals surface area (Å²) in [5.74, 6) is -0.395. The molecule has 0 amide bonds. The highest BCUT2D eigenvalue weighted by atomic mass is 16.5. The van der Waals surface area contributed by atoms with Gasteiger partial charge in [-0.1, -0.05) is 18.1 Å². The topological polar surface area (TPSA) is 96.1 Å². The number of carbonyl (C=O) groups excluding carboxylic acids is 1. The quantitative estimate of drug-likeness (QED) is 0.850. The smallest absolute Gasteiger partial charge is 0.317 e. The van der Waals surface area contributed by atoms with Gasteiger partial charge in [0.2, 0.25) is 5.95 Å². The molecule has 130 valence electrons. The number of aromatic nitrogens is 5. The number of nitrogens with one attached hydrogen (secondary N) is 2. The zero-order valence-electron chi connectivity index (χ0n) is 13.9. The number of nitrogens with zero attached hydrogens (tertiary/aromatic N) is 4. The van der Waals surface area contributed by atoms with Crippen LogP contribution in [-0.4, -0.2) is 32.3 Å². The summed E-state index contributed by atoms with van der Waals surface area (Å²) in [5.41, 5.74) is 1.45. The second-order valence-corrected chi connectivity index (χ2v) is 6.55. The lowest BCUT2D eigenvalue weighted by atomic mass is 9.89. The summed E-state index contributed by atoms with van der Waals surface area (Å²) >= 11 is 0. The van der Waals surface area contributed by atoms with E-state index in [1.54, 1.807) is 4.68 Å². The van der Waals surface area contributed by atoms with Gasteiger partial charge in [0.05, 0.1) is 0 Å². The average molecular weight is 341 g/mol. The molecule has 8 heteroatoms. The van der Waals surface area contributed by atoms with E-state index in [4.69, 9.17) is 4.74 Å². The molecule has 4 rings (SSSR count).